The van der Waals surface area contributed by atoms with Gasteiger partial charge in [0, 0.05) is 41.2 Å². The third kappa shape index (κ3) is 5.34. The number of amidine groups is 1. The van der Waals surface area contributed by atoms with Crippen molar-refractivity contribution in [3.05, 3.63) is 71.8 Å². The SMILES string of the molecule is CCCCCCN=C(C)c1ccc2nc(-c3cc4ccc(-c5nc6ccc(C7=NCCCN7)cc6[nH]5)cc4s3)[nH]c2c1. The summed E-state index contributed by atoms with van der Waals surface area (Å²) in [6.45, 7) is 7.08. The average Bonchev–Trinajstić information content (AvgIpc) is 3.76. The minimum atomic E-state index is 0.871. The summed E-state index contributed by atoms with van der Waals surface area (Å²) >= 11 is 1.75. The van der Waals surface area contributed by atoms with Gasteiger partial charge in [0.15, 0.2) is 0 Å². The van der Waals surface area contributed by atoms with Crippen LogP contribution in [0.2, 0.25) is 0 Å². The number of aromatic amines is 2. The molecule has 7 nitrogen and oxygen atoms in total. The Kier molecular flexibility index (Phi) is 7.30. The lowest BCUT2D eigenvalue weighted by Gasteiger charge is -2.14. The second kappa shape index (κ2) is 11.5. The molecule has 3 aromatic carbocycles. The number of H-pyrrole nitrogens is 2. The van der Waals surface area contributed by atoms with Crippen molar-refractivity contribution in [3.8, 4) is 22.1 Å². The maximum atomic E-state index is 4.91. The fourth-order valence-corrected chi connectivity index (χ4v) is 6.59. The smallest absolute Gasteiger partial charge is 0.148 e. The quantitative estimate of drug-likeness (QED) is 0.120. The summed E-state index contributed by atoms with van der Waals surface area (Å²) < 4.78 is 1.21. The highest BCUT2D eigenvalue weighted by Gasteiger charge is 2.14. The highest BCUT2D eigenvalue weighted by atomic mass is 32.1. The van der Waals surface area contributed by atoms with Crippen molar-refractivity contribution in [1.82, 2.24) is 25.3 Å². The van der Waals surface area contributed by atoms with Gasteiger partial charge in [0.1, 0.15) is 17.5 Å². The molecule has 0 amide bonds. The summed E-state index contributed by atoms with van der Waals surface area (Å²) in [5.41, 5.74) is 8.38. The number of rotatable bonds is 9. The molecule has 6 aromatic rings. The highest BCUT2D eigenvalue weighted by Crippen LogP contribution is 2.35. The van der Waals surface area contributed by atoms with Crippen molar-refractivity contribution >= 4 is 55.0 Å². The Balaban J connectivity index is 1.13. The molecule has 4 heterocycles. The van der Waals surface area contributed by atoms with Crippen LogP contribution in [0.3, 0.4) is 0 Å². The van der Waals surface area contributed by atoms with Gasteiger partial charge in [-0.2, -0.15) is 0 Å². The molecule has 3 aromatic heterocycles. The number of benzene rings is 3. The number of hydrogen-bond donors (Lipinski definition) is 3. The van der Waals surface area contributed by atoms with Crippen LogP contribution in [-0.2, 0) is 0 Å². The molecule has 42 heavy (non-hydrogen) atoms. The zero-order valence-corrected chi connectivity index (χ0v) is 24.9. The molecule has 0 spiro atoms. The van der Waals surface area contributed by atoms with E-state index < -0.39 is 0 Å². The highest BCUT2D eigenvalue weighted by molar-refractivity contribution is 7.22. The van der Waals surface area contributed by atoms with Crippen molar-refractivity contribution in [2.45, 2.75) is 46.0 Å². The molecule has 0 unspecified atom stereocenters. The lowest BCUT2D eigenvalue weighted by molar-refractivity contribution is 0.675. The van der Waals surface area contributed by atoms with E-state index in [0.29, 0.717) is 0 Å². The molecule has 212 valence electrons. The van der Waals surface area contributed by atoms with Crippen LogP contribution in [0.5, 0.6) is 0 Å². The summed E-state index contributed by atoms with van der Waals surface area (Å²) in [5, 5.41) is 4.61. The summed E-state index contributed by atoms with van der Waals surface area (Å²) in [7, 11) is 0. The molecule has 1 aliphatic heterocycles. The van der Waals surface area contributed by atoms with E-state index in [-0.39, 0.29) is 0 Å². The van der Waals surface area contributed by atoms with Crippen molar-refractivity contribution < 1.29 is 0 Å². The summed E-state index contributed by atoms with van der Waals surface area (Å²) in [5.74, 6) is 2.74. The first-order valence-corrected chi connectivity index (χ1v) is 15.8. The van der Waals surface area contributed by atoms with Gasteiger partial charge < -0.3 is 15.3 Å². The molecule has 1 aliphatic rings. The summed E-state index contributed by atoms with van der Waals surface area (Å²) in [6.07, 6.45) is 6.02. The maximum absolute atomic E-state index is 4.91. The number of aliphatic imine (C=N–C) groups is 2. The first-order valence-electron chi connectivity index (χ1n) is 15.0. The van der Waals surface area contributed by atoms with Crippen LogP contribution in [0.4, 0.5) is 0 Å². The van der Waals surface area contributed by atoms with E-state index in [0.717, 1.165) is 99.3 Å². The minimum Gasteiger partial charge on any atom is -0.370 e. The summed E-state index contributed by atoms with van der Waals surface area (Å²) in [6, 6.07) is 21.4. The van der Waals surface area contributed by atoms with E-state index in [1.54, 1.807) is 11.3 Å². The van der Waals surface area contributed by atoms with Crippen LogP contribution in [0.1, 0.15) is 57.1 Å². The van der Waals surface area contributed by atoms with Crippen LogP contribution in [-0.4, -0.2) is 51.1 Å². The average molecular weight is 574 g/mol. The third-order valence-corrected chi connectivity index (χ3v) is 9.04. The molecule has 0 saturated carbocycles. The number of unbranched alkanes of at least 4 members (excludes halogenated alkanes) is 3. The van der Waals surface area contributed by atoms with Gasteiger partial charge in [0.25, 0.3) is 0 Å². The Morgan fingerprint density at radius 3 is 2.52 bits per heavy atom. The van der Waals surface area contributed by atoms with Crippen molar-refractivity contribution in [2.24, 2.45) is 9.98 Å². The molecular weight excluding hydrogens is 538 g/mol. The second-order valence-electron chi connectivity index (χ2n) is 11.0. The van der Waals surface area contributed by atoms with Crippen molar-refractivity contribution in [3.63, 3.8) is 0 Å². The molecule has 0 bridgehead atoms. The molecule has 0 saturated heterocycles. The number of aromatic nitrogens is 4. The first-order chi connectivity index (χ1) is 20.6. The number of fused-ring (bicyclic) bond motifs is 3. The number of thiophene rings is 1. The second-order valence-corrected chi connectivity index (χ2v) is 12.1. The molecule has 0 fully saturated rings. The lowest BCUT2D eigenvalue weighted by Crippen LogP contribution is -2.30. The zero-order chi connectivity index (χ0) is 28.5. The van der Waals surface area contributed by atoms with Crippen LogP contribution >= 0.6 is 11.3 Å². The topological polar surface area (TPSA) is 94.1 Å². The van der Waals surface area contributed by atoms with Gasteiger partial charge in [0.2, 0.25) is 0 Å². The number of imidazole rings is 2. The molecule has 0 atom stereocenters. The van der Waals surface area contributed by atoms with E-state index in [1.165, 1.54) is 29.3 Å². The van der Waals surface area contributed by atoms with Crippen LogP contribution < -0.4 is 5.32 Å². The lowest BCUT2D eigenvalue weighted by atomic mass is 10.1. The van der Waals surface area contributed by atoms with Gasteiger partial charge in [0.05, 0.1) is 26.9 Å². The van der Waals surface area contributed by atoms with E-state index in [9.17, 15) is 0 Å². The standard InChI is InChI=1S/C34H35N7S/c1-3-4-5-6-14-35-21(2)22-10-12-27-28(17-22)41-34(39-27)31-19-23-8-9-25(20-30(23)42-31)33-38-26-13-11-24(18-29(26)40-33)32-36-15-7-16-37-32/h8-13,17-20H,3-7,14-16H2,1-2H3,(H,36,37)(H,38,40)(H,39,41). The number of nitrogens with zero attached hydrogens (tertiary/aromatic N) is 4. The molecule has 8 heteroatoms. The Labute approximate surface area is 249 Å². The van der Waals surface area contributed by atoms with Crippen molar-refractivity contribution in [1.29, 1.82) is 0 Å². The molecule has 3 N–H and O–H groups in total. The minimum absolute atomic E-state index is 0.871. The van der Waals surface area contributed by atoms with Crippen LogP contribution in [0.15, 0.2) is 70.6 Å². The van der Waals surface area contributed by atoms with E-state index in [1.807, 2.05) is 0 Å². The van der Waals surface area contributed by atoms with Crippen molar-refractivity contribution in [2.75, 3.05) is 19.6 Å². The van der Waals surface area contributed by atoms with Gasteiger partial charge in [-0.3, -0.25) is 9.98 Å². The van der Waals surface area contributed by atoms with Gasteiger partial charge in [-0.1, -0.05) is 44.4 Å². The van der Waals surface area contributed by atoms with Gasteiger partial charge in [-0.05, 0) is 73.2 Å². The normalized spacial score (nSPS) is 14.1. The Bertz CT molecular complexity index is 1960. The largest absolute Gasteiger partial charge is 0.370 e. The fraction of sp³-hybridized carbons (Fsp3) is 0.294. The number of hydrogen-bond acceptors (Lipinski definition) is 6. The zero-order valence-electron chi connectivity index (χ0n) is 24.1. The Hall–Kier alpha value is -4.30. The third-order valence-electron chi connectivity index (χ3n) is 7.94. The maximum Gasteiger partial charge on any atom is 0.148 e. The molecular formula is C34H35N7S. The van der Waals surface area contributed by atoms with E-state index >= 15 is 0 Å². The van der Waals surface area contributed by atoms with Crippen LogP contribution in [0, 0.1) is 0 Å². The van der Waals surface area contributed by atoms with Gasteiger partial charge in [-0.15, -0.1) is 11.3 Å². The van der Waals surface area contributed by atoms with Gasteiger partial charge >= 0.3 is 0 Å². The van der Waals surface area contributed by atoms with E-state index in [2.05, 4.69) is 94.8 Å². The molecule has 7 rings (SSSR count). The number of nitrogens with one attached hydrogen (secondary N) is 3. The Morgan fingerprint density at radius 1 is 0.857 bits per heavy atom. The molecule has 0 aliphatic carbocycles. The fourth-order valence-electron chi connectivity index (χ4n) is 5.54. The molecule has 0 radical (unpaired) electrons. The van der Waals surface area contributed by atoms with E-state index in [4.69, 9.17) is 15.0 Å². The van der Waals surface area contributed by atoms with Gasteiger partial charge in [-0.25, -0.2) is 9.97 Å². The monoisotopic (exact) mass is 573 g/mol. The Morgan fingerprint density at radius 2 is 1.67 bits per heavy atom. The first kappa shape index (κ1) is 26.6. The predicted molar refractivity (Wildman–Crippen MR) is 177 cm³/mol. The summed E-state index contributed by atoms with van der Waals surface area (Å²) in [4.78, 5) is 27.5. The van der Waals surface area contributed by atoms with Crippen LogP contribution in [0.25, 0.3) is 54.2 Å². The predicted octanol–water partition coefficient (Wildman–Crippen LogP) is 8.12.